The molecule has 0 unspecified atom stereocenters. The molecule has 2 aliphatic heterocycles. The Kier molecular flexibility index (Phi) is 3.24. The summed E-state index contributed by atoms with van der Waals surface area (Å²) in [4.78, 5) is 11.9. The predicted octanol–water partition coefficient (Wildman–Crippen LogP) is 6.90. The molecule has 0 fully saturated rings. The van der Waals surface area contributed by atoms with Gasteiger partial charge in [-0.3, -0.25) is 9.97 Å². The normalized spacial score (nSPS) is 14.9. The van der Waals surface area contributed by atoms with Crippen molar-refractivity contribution in [2.45, 2.75) is 25.7 Å². The Balaban J connectivity index is 1.29. The van der Waals surface area contributed by atoms with Gasteiger partial charge in [0.15, 0.2) is 0 Å². The zero-order valence-electron chi connectivity index (χ0n) is 19.2. The van der Waals surface area contributed by atoms with Crippen LogP contribution in [-0.4, -0.2) is 9.97 Å². The molecule has 164 valence electrons. The van der Waals surface area contributed by atoms with Gasteiger partial charge in [-0.25, -0.2) is 0 Å². The lowest BCUT2D eigenvalue weighted by Crippen LogP contribution is -2.26. The van der Waals surface area contributed by atoms with Crippen molar-refractivity contribution in [3.63, 3.8) is 0 Å². The third kappa shape index (κ3) is 2.21. The Morgan fingerprint density at radius 2 is 1.34 bits per heavy atom. The van der Waals surface area contributed by atoms with Crippen molar-refractivity contribution >= 4 is 17.1 Å². The molecular formula is C32H21N3. The van der Waals surface area contributed by atoms with E-state index in [9.17, 15) is 0 Å². The predicted molar refractivity (Wildman–Crippen MR) is 139 cm³/mol. The molecule has 0 radical (unpaired) electrons. The third-order valence-electron chi connectivity index (χ3n) is 8.47. The molecule has 0 N–H and O–H groups in total. The lowest BCUT2D eigenvalue weighted by molar-refractivity contribution is 0.927. The average Bonchev–Trinajstić information content (AvgIpc) is 3.47. The van der Waals surface area contributed by atoms with Gasteiger partial charge in [-0.2, -0.15) is 0 Å². The summed E-state index contributed by atoms with van der Waals surface area (Å²) in [7, 11) is 0. The van der Waals surface area contributed by atoms with Gasteiger partial charge in [-0.05, 0) is 92.7 Å². The van der Waals surface area contributed by atoms with Gasteiger partial charge < -0.3 is 4.90 Å². The van der Waals surface area contributed by atoms with Crippen molar-refractivity contribution in [1.29, 1.82) is 0 Å². The van der Waals surface area contributed by atoms with Crippen molar-refractivity contribution in [3.05, 3.63) is 124 Å². The van der Waals surface area contributed by atoms with E-state index in [4.69, 9.17) is 9.97 Å². The van der Waals surface area contributed by atoms with Crippen LogP contribution in [0.4, 0.5) is 17.1 Å². The summed E-state index contributed by atoms with van der Waals surface area (Å²) in [5.74, 6) is 0. The molecule has 5 aromatic rings. The van der Waals surface area contributed by atoms with Crippen molar-refractivity contribution in [1.82, 2.24) is 9.97 Å². The minimum absolute atomic E-state index is 0.797. The van der Waals surface area contributed by atoms with Crippen LogP contribution in [0.3, 0.4) is 0 Å². The maximum Gasteiger partial charge on any atom is 0.0717 e. The van der Waals surface area contributed by atoms with E-state index < -0.39 is 0 Å². The van der Waals surface area contributed by atoms with E-state index in [2.05, 4.69) is 71.6 Å². The molecule has 2 aliphatic carbocycles. The zero-order valence-corrected chi connectivity index (χ0v) is 19.2. The minimum Gasteiger partial charge on any atom is -0.306 e. The van der Waals surface area contributed by atoms with E-state index in [1.807, 2.05) is 12.4 Å². The highest BCUT2D eigenvalue weighted by molar-refractivity contribution is 5.95. The lowest BCUT2D eigenvalue weighted by atomic mass is 9.86. The molecule has 4 aliphatic rings. The van der Waals surface area contributed by atoms with Crippen molar-refractivity contribution < 1.29 is 0 Å². The molecule has 2 aromatic heterocycles. The molecular weight excluding hydrogens is 426 g/mol. The van der Waals surface area contributed by atoms with Crippen LogP contribution < -0.4 is 4.90 Å². The maximum atomic E-state index is 4.77. The Labute approximate surface area is 203 Å². The number of anilines is 3. The fourth-order valence-electron chi connectivity index (χ4n) is 7.03. The summed E-state index contributed by atoms with van der Waals surface area (Å²) in [6.07, 6.45) is 7.70. The van der Waals surface area contributed by atoms with Crippen molar-refractivity contribution in [2.75, 3.05) is 4.90 Å². The van der Waals surface area contributed by atoms with E-state index in [1.165, 1.54) is 72.7 Å². The first-order valence-electron chi connectivity index (χ1n) is 12.4. The molecule has 0 saturated heterocycles. The number of benzene rings is 3. The first-order valence-corrected chi connectivity index (χ1v) is 12.4. The minimum atomic E-state index is 0.797. The summed E-state index contributed by atoms with van der Waals surface area (Å²) in [5.41, 5.74) is 20.5. The van der Waals surface area contributed by atoms with Gasteiger partial charge in [0.25, 0.3) is 0 Å². The van der Waals surface area contributed by atoms with Gasteiger partial charge in [-0.15, -0.1) is 0 Å². The van der Waals surface area contributed by atoms with E-state index in [0.29, 0.717) is 0 Å². The molecule has 0 atom stereocenters. The molecule has 9 rings (SSSR count). The fraction of sp³-hybridized carbons (Fsp3) is 0.125. The van der Waals surface area contributed by atoms with Gasteiger partial charge in [-0.1, -0.05) is 42.5 Å². The standard InChI is InChI=1S/C32H21N3/c1-2-5-21-18(4-1)14-24-22(21)8-9-23-25(24)15-19-7-10-29-26(31(19)23)16-20-11-13-34-28-17-27-30(6-3-12-33-27)35(29)32(20)28/h1-13H,14-17H2. The lowest BCUT2D eigenvalue weighted by Gasteiger charge is -2.39. The van der Waals surface area contributed by atoms with Crippen molar-refractivity contribution in [2.24, 2.45) is 0 Å². The highest BCUT2D eigenvalue weighted by atomic mass is 15.2. The van der Waals surface area contributed by atoms with Crippen LogP contribution in [0.5, 0.6) is 0 Å². The third-order valence-corrected chi connectivity index (χ3v) is 8.47. The summed E-state index contributed by atoms with van der Waals surface area (Å²) in [6.45, 7) is 0. The van der Waals surface area contributed by atoms with Gasteiger partial charge in [0.05, 0.1) is 28.5 Å². The van der Waals surface area contributed by atoms with E-state index >= 15 is 0 Å². The van der Waals surface area contributed by atoms with Gasteiger partial charge in [0.1, 0.15) is 0 Å². The Bertz CT molecular complexity index is 1760. The van der Waals surface area contributed by atoms with Crippen LogP contribution >= 0.6 is 0 Å². The van der Waals surface area contributed by atoms with Crippen LogP contribution in [0.2, 0.25) is 0 Å². The molecule has 3 heteroatoms. The van der Waals surface area contributed by atoms with Crippen LogP contribution in [0.15, 0.2) is 79.1 Å². The van der Waals surface area contributed by atoms with Crippen LogP contribution in [0, 0.1) is 0 Å². The first-order chi connectivity index (χ1) is 17.3. The largest absolute Gasteiger partial charge is 0.306 e. The second-order valence-electron chi connectivity index (χ2n) is 10.1. The number of fused-ring (bicyclic) bond motifs is 12. The van der Waals surface area contributed by atoms with Gasteiger partial charge >= 0.3 is 0 Å². The molecule has 0 saturated carbocycles. The molecule has 35 heavy (non-hydrogen) atoms. The summed E-state index contributed by atoms with van der Waals surface area (Å²) >= 11 is 0. The Morgan fingerprint density at radius 1 is 0.514 bits per heavy atom. The molecule has 0 bridgehead atoms. The topological polar surface area (TPSA) is 29.0 Å². The Morgan fingerprint density at radius 3 is 2.34 bits per heavy atom. The number of hydrogen-bond donors (Lipinski definition) is 0. The highest BCUT2D eigenvalue weighted by Crippen LogP contribution is 2.54. The van der Waals surface area contributed by atoms with Gasteiger partial charge in [0.2, 0.25) is 0 Å². The molecule has 0 spiro atoms. The second kappa shape index (κ2) is 6.25. The van der Waals surface area contributed by atoms with E-state index in [-0.39, 0.29) is 0 Å². The molecule has 3 nitrogen and oxygen atoms in total. The molecule has 4 heterocycles. The summed E-state index contributed by atoms with van der Waals surface area (Å²) in [6, 6.07) is 24.9. The number of nitrogens with zero attached hydrogens (tertiary/aromatic N) is 3. The number of rotatable bonds is 0. The summed E-state index contributed by atoms with van der Waals surface area (Å²) in [5, 5.41) is 0. The number of aromatic nitrogens is 2. The smallest absolute Gasteiger partial charge is 0.0717 e. The van der Waals surface area contributed by atoms with Crippen LogP contribution in [-0.2, 0) is 25.7 Å². The number of hydrogen-bond acceptors (Lipinski definition) is 3. The monoisotopic (exact) mass is 447 g/mol. The van der Waals surface area contributed by atoms with Crippen LogP contribution in [0.1, 0.15) is 44.8 Å². The van der Waals surface area contributed by atoms with Gasteiger partial charge in [0, 0.05) is 25.2 Å². The second-order valence-corrected chi connectivity index (χ2v) is 10.1. The first kappa shape index (κ1) is 18.1. The molecule has 0 amide bonds. The van der Waals surface area contributed by atoms with E-state index in [1.54, 1.807) is 0 Å². The van der Waals surface area contributed by atoms with Crippen molar-refractivity contribution in [3.8, 4) is 22.3 Å². The highest BCUT2D eigenvalue weighted by Gasteiger charge is 2.36. The quantitative estimate of drug-likeness (QED) is 0.253. The zero-order chi connectivity index (χ0) is 22.7. The van der Waals surface area contributed by atoms with Crippen LogP contribution in [0.25, 0.3) is 22.3 Å². The maximum absolute atomic E-state index is 4.77. The molecule has 3 aromatic carbocycles. The number of pyridine rings is 2. The summed E-state index contributed by atoms with van der Waals surface area (Å²) < 4.78 is 0. The van der Waals surface area contributed by atoms with E-state index in [0.717, 1.165) is 37.1 Å². The Hall–Kier alpha value is -4.24. The fourth-order valence-corrected chi connectivity index (χ4v) is 7.03. The SMILES string of the molecule is c1ccc2c(c1)Cc1c-2ccc2c1Cc1ccc3c(c1-2)Cc1ccnc2c1N3c1cccnc1C2. The average molecular weight is 448 g/mol.